The fourth-order valence-electron chi connectivity index (χ4n) is 3.33. The number of nitrogens with two attached hydrogens (primary N) is 2. The average Bonchev–Trinajstić information content (AvgIpc) is 3.08. The van der Waals surface area contributed by atoms with Crippen molar-refractivity contribution in [3.63, 3.8) is 0 Å². The zero-order chi connectivity index (χ0) is 16.4. The Morgan fingerprint density at radius 3 is 2.78 bits per heavy atom. The second kappa shape index (κ2) is 5.24. The lowest BCUT2D eigenvalue weighted by Gasteiger charge is -2.24. The summed E-state index contributed by atoms with van der Waals surface area (Å²) in [5.74, 6) is -0.207. The van der Waals surface area contributed by atoms with E-state index in [2.05, 4.69) is 32.6 Å². The van der Waals surface area contributed by atoms with Crippen LogP contribution in [0.5, 0.6) is 0 Å². The van der Waals surface area contributed by atoms with Crippen molar-refractivity contribution in [2.75, 3.05) is 12.3 Å². The van der Waals surface area contributed by atoms with E-state index >= 15 is 0 Å². The lowest BCUT2D eigenvalue weighted by atomic mass is 10.1. The molecule has 0 bridgehead atoms. The average molecular weight is 431 g/mol. The van der Waals surface area contributed by atoms with E-state index in [-0.39, 0.29) is 24.5 Å². The van der Waals surface area contributed by atoms with E-state index in [1.807, 2.05) is 24.6 Å². The highest BCUT2D eigenvalue weighted by molar-refractivity contribution is 14.1. The highest BCUT2D eigenvalue weighted by Crippen LogP contribution is 2.44. The summed E-state index contributed by atoms with van der Waals surface area (Å²) in [6, 6.07) is 0. The first kappa shape index (κ1) is 15.5. The molecule has 4 rings (SSSR count). The van der Waals surface area contributed by atoms with Gasteiger partial charge in [0.25, 0.3) is 0 Å². The van der Waals surface area contributed by atoms with Gasteiger partial charge in [0, 0.05) is 16.3 Å². The number of ether oxygens (including phenoxy) is 3. The lowest BCUT2D eigenvalue weighted by molar-refractivity contribution is -0.195. The van der Waals surface area contributed by atoms with Gasteiger partial charge < -0.3 is 30.2 Å². The number of hydrogen-bond donors (Lipinski definition) is 2. The summed E-state index contributed by atoms with van der Waals surface area (Å²) in [6.45, 7) is 4.16. The normalized spacial score (nSPS) is 32.5. The molecule has 2 saturated heterocycles. The summed E-state index contributed by atoms with van der Waals surface area (Å²) in [5.41, 5.74) is 12.5. The van der Waals surface area contributed by atoms with Crippen LogP contribution in [0, 0.1) is 3.57 Å². The molecule has 9 heteroatoms. The zero-order valence-electron chi connectivity index (χ0n) is 12.8. The molecular formula is C14H18IN5O3. The Bertz CT molecular complexity index is 764. The number of nitrogens with zero attached hydrogens (tertiary/aromatic N) is 3. The van der Waals surface area contributed by atoms with Crippen molar-refractivity contribution < 1.29 is 14.2 Å². The molecule has 2 aliphatic rings. The van der Waals surface area contributed by atoms with Gasteiger partial charge in [0.1, 0.15) is 36.1 Å². The Morgan fingerprint density at radius 2 is 2.04 bits per heavy atom. The molecule has 0 saturated carbocycles. The van der Waals surface area contributed by atoms with Gasteiger partial charge in [-0.2, -0.15) is 0 Å². The van der Waals surface area contributed by atoms with Crippen LogP contribution in [0.25, 0.3) is 11.0 Å². The Labute approximate surface area is 146 Å². The molecule has 8 nitrogen and oxygen atoms in total. The van der Waals surface area contributed by atoms with Crippen molar-refractivity contribution in [1.29, 1.82) is 0 Å². The Balaban J connectivity index is 1.81. The molecule has 4 N–H and O–H groups in total. The van der Waals surface area contributed by atoms with Gasteiger partial charge in [-0.3, -0.25) is 0 Å². The summed E-state index contributed by atoms with van der Waals surface area (Å²) in [6.07, 6.45) is 2.37. The van der Waals surface area contributed by atoms with Crippen LogP contribution in [-0.4, -0.2) is 45.2 Å². The lowest BCUT2D eigenvalue weighted by Crippen LogP contribution is -2.34. The smallest absolute Gasteiger partial charge is 0.164 e. The molecular weight excluding hydrogens is 413 g/mol. The number of aromatic nitrogens is 3. The van der Waals surface area contributed by atoms with Crippen LogP contribution in [-0.2, 0) is 14.2 Å². The minimum atomic E-state index is -0.658. The summed E-state index contributed by atoms with van der Waals surface area (Å²) < 4.78 is 21.0. The second-order valence-corrected chi connectivity index (χ2v) is 7.37. The molecule has 4 heterocycles. The van der Waals surface area contributed by atoms with E-state index in [1.165, 1.54) is 6.33 Å². The van der Waals surface area contributed by atoms with Crippen molar-refractivity contribution in [2.24, 2.45) is 5.73 Å². The van der Waals surface area contributed by atoms with Crippen LogP contribution in [0.4, 0.5) is 5.82 Å². The van der Waals surface area contributed by atoms with Gasteiger partial charge in [-0.05, 0) is 36.4 Å². The minimum absolute atomic E-state index is 0.200. The van der Waals surface area contributed by atoms with Crippen molar-refractivity contribution in [3.8, 4) is 0 Å². The number of nitrogen functional groups attached to an aromatic ring is 1. The zero-order valence-corrected chi connectivity index (χ0v) is 14.9. The first-order valence-electron chi connectivity index (χ1n) is 7.39. The first-order valence-corrected chi connectivity index (χ1v) is 8.47. The molecule has 0 aliphatic carbocycles. The summed E-state index contributed by atoms with van der Waals surface area (Å²) in [7, 11) is 0. The fraction of sp³-hybridized carbons (Fsp3) is 0.571. The van der Waals surface area contributed by atoms with Crippen molar-refractivity contribution in [1.82, 2.24) is 14.5 Å². The molecule has 2 aromatic rings. The van der Waals surface area contributed by atoms with Crippen LogP contribution >= 0.6 is 22.6 Å². The number of fused-ring (bicyclic) bond motifs is 2. The molecule has 2 aromatic heterocycles. The SMILES string of the molecule is CC1(C)O[C@@H]2[C@H](O1)[C@@H](CN)O[C@H]2n1cc(I)c2c(N)ncnc21. The number of anilines is 1. The maximum absolute atomic E-state index is 6.10. The van der Waals surface area contributed by atoms with Crippen LogP contribution in [0.3, 0.4) is 0 Å². The first-order chi connectivity index (χ1) is 10.9. The number of rotatable bonds is 2. The standard InChI is InChI=1S/C14H18IN5O3/c1-14(2)22-9-7(3-16)21-13(10(9)23-14)20-4-6(15)8-11(17)18-5-19-12(8)20/h4-5,7,9-10,13H,3,16H2,1-2H3,(H2,17,18,19)/t7-,9-,10-,13-/m1/s1. The molecule has 124 valence electrons. The molecule has 0 aromatic carbocycles. The van der Waals surface area contributed by atoms with Crippen molar-refractivity contribution >= 4 is 39.4 Å². The molecule has 2 aliphatic heterocycles. The predicted molar refractivity (Wildman–Crippen MR) is 91.4 cm³/mol. The van der Waals surface area contributed by atoms with E-state index < -0.39 is 5.79 Å². The maximum Gasteiger partial charge on any atom is 0.164 e. The highest BCUT2D eigenvalue weighted by atomic mass is 127. The van der Waals surface area contributed by atoms with E-state index in [4.69, 9.17) is 25.7 Å². The molecule has 2 fully saturated rings. The quantitative estimate of drug-likeness (QED) is 0.683. The van der Waals surface area contributed by atoms with E-state index in [1.54, 1.807) is 0 Å². The summed E-state index contributed by atoms with van der Waals surface area (Å²) in [4.78, 5) is 8.43. The van der Waals surface area contributed by atoms with Crippen molar-refractivity contribution in [3.05, 3.63) is 16.1 Å². The molecule has 0 amide bonds. The fourth-order valence-corrected chi connectivity index (χ4v) is 4.15. The van der Waals surface area contributed by atoms with Crippen LogP contribution < -0.4 is 11.5 Å². The van der Waals surface area contributed by atoms with Gasteiger partial charge in [-0.15, -0.1) is 0 Å². The maximum atomic E-state index is 6.10. The van der Waals surface area contributed by atoms with Gasteiger partial charge in [-0.25, -0.2) is 9.97 Å². The van der Waals surface area contributed by atoms with E-state index in [0.717, 1.165) is 14.6 Å². The number of hydrogen-bond acceptors (Lipinski definition) is 7. The second-order valence-electron chi connectivity index (χ2n) is 6.21. The van der Waals surface area contributed by atoms with Gasteiger partial charge in [-0.1, -0.05) is 0 Å². The Kier molecular flexibility index (Phi) is 3.54. The largest absolute Gasteiger partial charge is 0.383 e. The van der Waals surface area contributed by atoms with Gasteiger partial charge >= 0.3 is 0 Å². The molecule has 4 atom stereocenters. The topological polar surface area (TPSA) is 110 Å². The molecule has 0 radical (unpaired) electrons. The Morgan fingerprint density at radius 1 is 1.30 bits per heavy atom. The summed E-state index contributed by atoms with van der Waals surface area (Å²) in [5, 5.41) is 0.822. The van der Waals surface area contributed by atoms with Crippen LogP contribution in [0.15, 0.2) is 12.5 Å². The van der Waals surface area contributed by atoms with Gasteiger partial charge in [0.2, 0.25) is 0 Å². The van der Waals surface area contributed by atoms with Crippen molar-refractivity contribution in [2.45, 2.75) is 44.2 Å². The molecule has 23 heavy (non-hydrogen) atoms. The van der Waals surface area contributed by atoms with Gasteiger partial charge in [0.05, 0.1) is 5.39 Å². The Hall–Kier alpha value is -1.01. The monoisotopic (exact) mass is 431 g/mol. The predicted octanol–water partition coefficient (Wildman–Crippen LogP) is 0.994. The summed E-state index contributed by atoms with van der Waals surface area (Å²) >= 11 is 2.22. The van der Waals surface area contributed by atoms with E-state index in [9.17, 15) is 0 Å². The number of halogens is 1. The van der Waals surface area contributed by atoms with Crippen LogP contribution in [0.2, 0.25) is 0 Å². The van der Waals surface area contributed by atoms with Crippen LogP contribution in [0.1, 0.15) is 20.1 Å². The third-order valence-electron chi connectivity index (χ3n) is 4.22. The van der Waals surface area contributed by atoms with Gasteiger partial charge in [0.15, 0.2) is 12.0 Å². The molecule has 0 unspecified atom stereocenters. The third kappa shape index (κ3) is 2.33. The molecule has 0 spiro atoms. The van der Waals surface area contributed by atoms with E-state index in [0.29, 0.717) is 12.4 Å². The highest BCUT2D eigenvalue weighted by Gasteiger charge is 2.55. The third-order valence-corrected chi connectivity index (χ3v) is 5.04. The minimum Gasteiger partial charge on any atom is -0.383 e.